The molecule has 0 amide bonds. The number of oxime groups is 1. The van der Waals surface area contributed by atoms with Gasteiger partial charge in [-0.2, -0.15) is 0 Å². The predicted octanol–water partition coefficient (Wildman–Crippen LogP) is 5.41. The summed E-state index contributed by atoms with van der Waals surface area (Å²) < 4.78 is 5.59. The van der Waals surface area contributed by atoms with Gasteiger partial charge in [-0.1, -0.05) is 30.7 Å². The van der Waals surface area contributed by atoms with Gasteiger partial charge in [0, 0.05) is 19.8 Å². The highest BCUT2D eigenvalue weighted by atomic mass is 16.7. The predicted molar refractivity (Wildman–Crippen MR) is 124 cm³/mol. The summed E-state index contributed by atoms with van der Waals surface area (Å²) in [5, 5.41) is 15.9. The van der Waals surface area contributed by atoms with Crippen LogP contribution in [0.2, 0.25) is 0 Å². The second-order valence-electron chi connectivity index (χ2n) is 12.3. The van der Waals surface area contributed by atoms with E-state index >= 15 is 0 Å². The molecule has 5 nitrogen and oxygen atoms in total. The van der Waals surface area contributed by atoms with E-state index in [0.29, 0.717) is 17.8 Å². The van der Waals surface area contributed by atoms with Gasteiger partial charge in [0.05, 0.1) is 5.71 Å². The first-order valence-corrected chi connectivity index (χ1v) is 12.8. The van der Waals surface area contributed by atoms with Crippen LogP contribution in [0, 0.1) is 34.5 Å². The highest BCUT2D eigenvalue weighted by molar-refractivity contribution is 5.83. The minimum absolute atomic E-state index is 0.0558. The van der Waals surface area contributed by atoms with E-state index in [2.05, 4.69) is 25.1 Å². The standard InChI is InChI=1S/C27H41NO4/c1-16-14-24(32-28-16)27(5,30)23-9-8-21-20-7-6-18-15-19(31-17(2)29)10-12-25(18,3)22(20)11-13-26(21,23)4/h6,19-24,30H,7-15H2,1-5H3/t19-,20-,21-,22-,23?,24+,25-,26-,27+/m0/s1. The minimum Gasteiger partial charge on any atom is -0.462 e. The van der Waals surface area contributed by atoms with Gasteiger partial charge in [0.2, 0.25) is 0 Å². The Morgan fingerprint density at radius 3 is 2.66 bits per heavy atom. The van der Waals surface area contributed by atoms with E-state index < -0.39 is 5.60 Å². The number of carbonyl (C=O) groups excluding carboxylic acids is 1. The largest absolute Gasteiger partial charge is 0.462 e. The zero-order valence-electron chi connectivity index (χ0n) is 20.5. The monoisotopic (exact) mass is 443 g/mol. The molecule has 0 spiro atoms. The molecule has 5 heteroatoms. The van der Waals surface area contributed by atoms with Crippen LogP contribution in [0.25, 0.3) is 0 Å². The average molecular weight is 444 g/mol. The van der Waals surface area contributed by atoms with Crippen LogP contribution in [-0.4, -0.2) is 34.6 Å². The molecule has 0 aromatic heterocycles. The molecule has 178 valence electrons. The fourth-order valence-corrected chi connectivity index (χ4v) is 8.96. The van der Waals surface area contributed by atoms with Crippen LogP contribution in [0.5, 0.6) is 0 Å². The van der Waals surface area contributed by atoms with Crippen molar-refractivity contribution in [2.75, 3.05) is 0 Å². The molecule has 1 N–H and O–H groups in total. The zero-order chi connectivity index (χ0) is 22.9. The Bertz CT molecular complexity index is 847. The molecule has 0 bridgehead atoms. The number of ether oxygens (including phenoxy) is 1. The number of esters is 1. The van der Waals surface area contributed by atoms with E-state index in [0.717, 1.165) is 44.2 Å². The molecule has 1 aliphatic heterocycles. The van der Waals surface area contributed by atoms with Crippen molar-refractivity contribution in [3.8, 4) is 0 Å². The van der Waals surface area contributed by atoms with Crippen molar-refractivity contribution in [1.82, 2.24) is 0 Å². The van der Waals surface area contributed by atoms with Crippen molar-refractivity contribution in [2.45, 2.75) is 110 Å². The molecule has 0 aromatic rings. The Balaban J connectivity index is 1.37. The summed E-state index contributed by atoms with van der Waals surface area (Å²) in [6.07, 6.45) is 11.9. The first-order valence-electron chi connectivity index (χ1n) is 12.8. The van der Waals surface area contributed by atoms with Crippen molar-refractivity contribution < 1.29 is 19.5 Å². The Morgan fingerprint density at radius 2 is 1.97 bits per heavy atom. The van der Waals surface area contributed by atoms with E-state index in [-0.39, 0.29) is 34.9 Å². The molecule has 0 radical (unpaired) electrons. The van der Waals surface area contributed by atoms with Gasteiger partial charge in [-0.05, 0) is 93.3 Å². The number of aliphatic hydroxyl groups is 1. The summed E-state index contributed by atoms with van der Waals surface area (Å²) in [5.74, 6) is 2.15. The fraction of sp³-hybridized carbons (Fsp3) is 0.852. The average Bonchev–Trinajstić information content (AvgIpc) is 3.31. The smallest absolute Gasteiger partial charge is 0.302 e. The summed E-state index contributed by atoms with van der Waals surface area (Å²) in [5.41, 5.74) is 2.07. The van der Waals surface area contributed by atoms with Gasteiger partial charge in [-0.25, -0.2) is 0 Å². The maximum absolute atomic E-state index is 11.7. The Hall–Kier alpha value is -1.36. The fourth-order valence-electron chi connectivity index (χ4n) is 8.96. The second kappa shape index (κ2) is 7.58. The topological polar surface area (TPSA) is 68.1 Å². The van der Waals surface area contributed by atoms with E-state index in [1.165, 1.54) is 31.8 Å². The van der Waals surface area contributed by atoms with Crippen LogP contribution < -0.4 is 0 Å². The first kappa shape index (κ1) is 22.4. The maximum atomic E-state index is 11.7. The van der Waals surface area contributed by atoms with Gasteiger partial charge in [0.15, 0.2) is 6.10 Å². The third-order valence-corrected chi connectivity index (χ3v) is 10.6. The molecule has 32 heavy (non-hydrogen) atoms. The van der Waals surface area contributed by atoms with E-state index in [1.807, 2.05) is 13.8 Å². The summed E-state index contributed by atoms with van der Waals surface area (Å²) in [7, 11) is 0. The van der Waals surface area contributed by atoms with Crippen molar-refractivity contribution >= 4 is 11.7 Å². The van der Waals surface area contributed by atoms with Crippen LogP contribution in [0.1, 0.15) is 92.4 Å². The van der Waals surface area contributed by atoms with Crippen LogP contribution >= 0.6 is 0 Å². The zero-order valence-corrected chi connectivity index (χ0v) is 20.5. The minimum atomic E-state index is -0.848. The van der Waals surface area contributed by atoms with Gasteiger partial charge >= 0.3 is 5.97 Å². The van der Waals surface area contributed by atoms with Crippen molar-refractivity contribution in [3.05, 3.63) is 11.6 Å². The molecule has 0 saturated heterocycles. The lowest BCUT2D eigenvalue weighted by molar-refractivity contribution is -0.159. The third kappa shape index (κ3) is 3.28. The highest BCUT2D eigenvalue weighted by Crippen LogP contribution is 2.68. The maximum Gasteiger partial charge on any atom is 0.302 e. The number of carbonyl (C=O) groups is 1. The lowest BCUT2D eigenvalue weighted by Crippen LogP contribution is -2.55. The van der Waals surface area contributed by atoms with Gasteiger partial charge in [0.1, 0.15) is 11.7 Å². The number of fused-ring (bicyclic) bond motifs is 5. The number of hydrogen-bond acceptors (Lipinski definition) is 5. The molecule has 3 saturated carbocycles. The summed E-state index contributed by atoms with van der Waals surface area (Å²) >= 11 is 0. The van der Waals surface area contributed by atoms with Crippen LogP contribution in [-0.2, 0) is 14.4 Å². The van der Waals surface area contributed by atoms with Crippen LogP contribution in [0.4, 0.5) is 0 Å². The number of nitrogens with zero attached hydrogens (tertiary/aromatic N) is 1. The molecule has 1 unspecified atom stereocenters. The van der Waals surface area contributed by atoms with E-state index in [1.54, 1.807) is 0 Å². The highest BCUT2D eigenvalue weighted by Gasteiger charge is 2.63. The van der Waals surface area contributed by atoms with Crippen molar-refractivity contribution in [3.63, 3.8) is 0 Å². The Morgan fingerprint density at radius 1 is 1.19 bits per heavy atom. The Kier molecular flexibility index (Phi) is 5.31. The second-order valence-corrected chi connectivity index (χ2v) is 12.3. The summed E-state index contributed by atoms with van der Waals surface area (Å²) in [6, 6.07) is 0. The van der Waals surface area contributed by atoms with Crippen LogP contribution in [0.3, 0.4) is 0 Å². The molecular formula is C27H41NO4. The number of rotatable bonds is 3. The number of allylic oxidation sites excluding steroid dienone is 1. The number of hydrogen-bond donors (Lipinski definition) is 1. The molecule has 1 heterocycles. The van der Waals surface area contributed by atoms with Crippen molar-refractivity contribution in [2.24, 2.45) is 39.7 Å². The summed E-state index contributed by atoms with van der Waals surface area (Å²) in [6.45, 7) is 10.5. The molecule has 9 atom stereocenters. The lowest BCUT2D eigenvalue weighted by atomic mass is 9.46. The lowest BCUT2D eigenvalue weighted by Gasteiger charge is -2.59. The van der Waals surface area contributed by atoms with Gasteiger partial charge in [-0.3, -0.25) is 4.79 Å². The first-order chi connectivity index (χ1) is 15.1. The third-order valence-electron chi connectivity index (χ3n) is 10.6. The van der Waals surface area contributed by atoms with Gasteiger partial charge in [0.25, 0.3) is 0 Å². The molecule has 4 aliphatic carbocycles. The van der Waals surface area contributed by atoms with Gasteiger partial charge < -0.3 is 14.7 Å². The van der Waals surface area contributed by atoms with Gasteiger partial charge in [-0.15, -0.1) is 0 Å². The molecule has 3 fully saturated rings. The normalized spacial score (nSPS) is 47.2. The summed E-state index contributed by atoms with van der Waals surface area (Å²) in [4.78, 5) is 17.2. The molecule has 0 aromatic carbocycles. The van der Waals surface area contributed by atoms with E-state index in [4.69, 9.17) is 9.57 Å². The molecule has 5 rings (SSSR count). The van der Waals surface area contributed by atoms with Crippen LogP contribution in [0.15, 0.2) is 16.8 Å². The van der Waals surface area contributed by atoms with Crippen molar-refractivity contribution in [1.29, 1.82) is 0 Å². The van der Waals surface area contributed by atoms with E-state index in [9.17, 15) is 9.90 Å². The molecular weight excluding hydrogens is 402 g/mol. The SMILES string of the molecule is CC(=O)O[C@H]1CC[C@@]2(C)C(=CC[C@@H]3[C@@H]2CC[C@]2(C)C([C@@](C)(O)[C@H]4CC(C)=NO4)CC[C@@H]32)C1. The molecule has 5 aliphatic rings. The Labute approximate surface area is 193 Å². The quantitative estimate of drug-likeness (QED) is 0.468.